The highest BCUT2D eigenvalue weighted by molar-refractivity contribution is 9.11. The lowest BCUT2D eigenvalue weighted by Gasteiger charge is -2.26. The highest BCUT2D eigenvalue weighted by Crippen LogP contribution is 2.36. The topological polar surface area (TPSA) is 6.48 Å². The van der Waals surface area contributed by atoms with Crippen LogP contribution < -0.4 is 4.90 Å². The minimum atomic E-state index is 0.280. The van der Waals surface area contributed by atoms with Gasteiger partial charge in [0.1, 0.15) is 0 Å². The average Bonchev–Trinajstić information content (AvgIpc) is 2.82. The van der Waals surface area contributed by atoms with Crippen LogP contribution in [0.5, 0.6) is 0 Å². The number of anilines is 1. The van der Waals surface area contributed by atoms with E-state index in [0.29, 0.717) is 0 Å². The second kappa shape index (κ2) is 13.1. The van der Waals surface area contributed by atoms with E-state index in [0.717, 1.165) is 48.1 Å². The van der Waals surface area contributed by atoms with Crippen LogP contribution in [0.3, 0.4) is 0 Å². The van der Waals surface area contributed by atoms with Crippen molar-refractivity contribution in [3.63, 3.8) is 0 Å². The summed E-state index contributed by atoms with van der Waals surface area (Å²) >= 11 is 7.45. The summed E-state index contributed by atoms with van der Waals surface area (Å²) < 4.78 is 2.21. The van der Waals surface area contributed by atoms with Crippen LogP contribution in [0.4, 0.5) is 5.69 Å². The van der Waals surface area contributed by atoms with Gasteiger partial charge in [0, 0.05) is 40.2 Å². The average molecular weight is 600 g/mol. The van der Waals surface area contributed by atoms with Crippen LogP contribution in [0.2, 0.25) is 0 Å². The Kier molecular flexibility index (Phi) is 10.4. The van der Waals surface area contributed by atoms with Gasteiger partial charge in [-0.2, -0.15) is 0 Å². The summed E-state index contributed by atoms with van der Waals surface area (Å²) in [6, 6.07) is 20.7. The van der Waals surface area contributed by atoms with Gasteiger partial charge in [0.25, 0.3) is 0 Å². The lowest BCUT2D eigenvalue weighted by Crippen LogP contribution is -2.22. The van der Waals surface area contributed by atoms with Gasteiger partial charge < -0.3 is 4.90 Å². The smallest absolute Gasteiger partial charge is 0.0368 e. The number of nitrogens with zero attached hydrogens (tertiary/aromatic N) is 2. The molecule has 1 atom stereocenters. The van der Waals surface area contributed by atoms with E-state index in [-0.39, 0.29) is 5.92 Å². The molecule has 35 heavy (non-hydrogen) atoms. The number of hydrogen-bond acceptors (Lipinski definition) is 2. The molecule has 0 bridgehead atoms. The van der Waals surface area contributed by atoms with Gasteiger partial charge >= 0.3 is 0 Å². The molecule has 0 aromatic heterocycles. The van der Waals surface area contributed by atoms with Crippen molar-refractivity contribution < 1.29 is 0 Å². The molecule has 0 amide bonds. The van der Waals surface area contributed by atoms with E-state index in [2.05, 4.69) is 138 Å². The van der Waals surface area contributed by atoms with Crippen LogP contribution >= 0.6 is 31.9 Å². The van der Waals surface area contributed by atoms with Crippen LogP contribution in [-0.2, 0) is 13.0 Å². The van der Waals surface area contributed by atoms with Crippen molar-refractivity contribution >= 4 is 37.5 Å². The quantitative estimate of drug-likeness (QED) is 0.217. The highest BCUT2D eigenvalue weighted by Gasteiger charge is 2.20. The molecule has 0 aliphatic heterocycles. The summed E-state index contributed by atoms with van der Waals surface area (Å²) in [5.74, 6) is 0.280. The monoisotopic (exact) mass is 598 g/mol. The van der Waals surface area contributed by atoms with Crippen molar-refractivity contribution in [3.05, 3.63) is 96.9 Å². The van der Waals surface area contributed by atoms with Gasteiger partial charge in [-0.3, -0.25) is 4.90 Å². The zero-order valence-electron chi connectivity index (χ0n) is 22.2. The summed E-state index contributed by atoms with van der Waals surface area (Å²) in [6.45, 7) is 18.7. The van der Waals surface area contributed by atoms with E-state index in [9.17, 15) is 0 Å². The van der Waals surface area contributed by atoms with Crippen molar-refractivity contribution in [1.82, 2.24) is 4.90 Å². The minimum absolute atomic E-state index is 0.280. The van der Waals surface area contributed by atoms with Crippen LogP contribution in [-0.4, -0.2) is 31.1 Å². The standard InChI is InChI=1S/C31H40Br2N2/c1-7-34(8-2)21-24-11-12-25(22(5)15-24)19-31(26-17-27(32)20-28(33)18-26)30-14-13-29(16-23(30)6)35(9-3)10-4/h11-18,20,31H,7-10,19,21H2,1-6H3. The fraction of sp³-hybridized carbons (Fsp3) is 0.419. The fourth-order valence-electron chi connectivity index (χ4n) is 5.03. The van der Waals surface area contributed by atoms with E-state index >= 15 is 0 Å². The third-order valence-corrected chi connectivity index (χ3v) is 8.09. The molecule has 188 valence electrons. The van der Waals surface area contributed by atoms with E-state index in [1.165, 1.54) is 39.1 Å². The first-order valence-corrected chi connectivity index (χ1v) is 14.5. The van der Waals surface area contributed by atoms with Gasteiger partial charge in [-0.15, -0.1) is 0 Å². The Morgan fingerprint density at radius 1 is 0.714 bits per heavy atom. The molecule has 4 heteroatoms. The molecule has 0 spiro atoms. The molecular formula is C31H40Br2N2. The van der Waals surface area contributed by atoms with Gasteiger partial charge in [0.15, 0.2) is 0 Å². The number of hydrogen-bond donors (Lipinski definition) is 0. The first kappa shape index (κ1) is 28.0. The van der Waals surface area contributed by atoms with Gasteiger partial charge in [0.2, 0.25) is 0 Å². The molecular weight excluding hydrogens is 560 g/mol. The number of rotatable bonds is 11. The molecule has 2 nitrogen and oxygen atoms in total. The largest absolute Gasteiger partial charge is 0.372 e. The van der Waals surface area contributed by atoms with E-state index < -0.39 is 0 Å². The SMILES string of the molecule is CCN(CC)Cc1ccc(CC(c2cc(Br)cc(Br)c2)c2ccc(N(CC)CC)cc2C)c(C)c1. The summed E-state index contributed by atoms with van der Waals surface area (Å²) in [4.78, 5) is 4.89. The van der Waals surface area contributed by atoms with Crippen molar-refractivity contribution in [1.29, 1.82) is 0 Å². The van der Waals surface area contributed by atoms with Gasteiger partial charge in [-0.25, -0.2) is 0 Å². The summed E-state index contributed by atoms with van der Waals surface area (Å²) in [7, 11) is 0. The predicted molar refractivity (Wildman–Crippen MR) is 160 cm³/mol. The Hall–Kier alpha value is -1.62. The highest BCUT2D eigenvalue weighted by atomic mass is 79.9. The Morgan fingerprint density at radius 2 is 1.37 bits per heavy atom. The molecule has 0 aliphatic carbocycles. The molecule has 0 radical (unpaired) electrons. The maximum atomic E-state index is 3.73. The molecule has 1 unspecified atom stereocenters. The fourth-order valence-corrected chi connectivity index (χ4v) is 6.36. The van der Waals surface area contributed by atoms with Crippen LogP contribution in [0.1, 0.15) is 67.0 Å². The first-order chi connectivity index (χ1) is 16.8. The third kappa shape index (κ3) is 7.21. The van der Waals surface area contributed by atoms with Gasteiger partial charge in [-0.1, -0.05) is 70.0 Å². The van der Waals surface area contributed by atoms with Crippen LogP contribution in [0.25, 0.3) is 0 Å². The summed E-state index contributed by atoms with van der Waals surface area (Å²) in [5.41, 5.74) is 9.59. The Morgan fingerprint density at radius 3 is 1.91 bits per heavy atom. The molecule has 0 aliphatic rings. The number of aryl methyl sites for hydroxylation is 2. The molecule has 0 fully saturated rings. The molecule has 0 saturated heterocycles. The van der Waals surface area contributed by atoms with Crippen molar-refractivity contribution in [2.75, 3.05) is 31.1 Å². The molecule has 3 aromatic carbocycles. The van der Waals surface area contributed by atoms with E-state index in [4.69, 9.17) is 0 Å². The van der Waals surface area contributed by atoms with Crippen molar-refractivity contribution in [2.45, 2.75) is 60.4 Å². The molecule has 3 rings (SSSR count). The zero-order valence-corrected chi connectivity index (χ0v) is 25.3. The maximum Gasteiger partial charge on any atom is 0.0368 e. The second-order valence-corrected chi connectivity index (χ2v) is 11.2. The van der Waals surface area contributed by atoms with Crippen molar-refractivity contribution in [2.24, 2.45) is 0 Å². The first-order valence-electron chi connectivity index (χ1n) is 12.9. The van der Waals surface area contributed by atoms with Crippen LogP contribution in [0, 0.1) is 13.8 Å². The van der Waals surface area contributed by atoms with Gasteiger partial charge in [0.05, 0.1) is 0 Å². The lowest BCUT2D eigenvalue weighted by molar-refractivity contribution is 0.296. The number of halogens is 2. The molecule has 3 aromatic rings. The predicted octanol–water partition coefficient (Wildman–Crippen LogP) is 8.89. The Bertz CT molecular complexity index is 1100. The molecule has 0 N–H and O–H groups in total. The lowest BCUT2D eigenvalue weighted by atomic mass is 9.82. The van der Waals surface area contributed by atoms with E-state index in [1.54, 1.807) is 0 Å². The normalized spacial score (nSPS) is 12.3. The maximum absolute atomic E-state index is 3.73. The molecule has 0 saturated carbocycles. The Labute approximate surface area is 230 Å². The van der Waals surface area contributed by atoms with E-state index in [1.807, 2.05) is 0 Å². The Balaban J connectivity index is 2.01. The summed E-state index contributed by atoms with van der Waals surface area (Å²) in [5, 5.41) is 0. The second-order valence-electron chi connectivity index (χ2n) is 9.39. The van der Waals surface area contributed by atoms with Crippen LogP contribution in [0.15, 0.2) is 63.5 Å². The third-order valence-electron chi connectivity index (χ3n) is 7.18. The minimum Gasteiger partial charge on any atom is -0.372 e. The summed E-state index contributed by atoms with van der Waals surface area (Å²) in [6.07, 6.45) is 0.978. The number of benzene rings is 3. The molecule has 0 heterocycles. The zero-order chi connectivity index (χ0) is 25.5. The van der Waals surface area contributed by atoms with Gasteiger partial charge in [-0.05, 0) is 111 Å². The van der Waals surface area contributed by atoms with Crippen molar-refractivity contribution in [3.8, 4) is 0 Å².